The highest BCUT2D eigenvalue weighted by molar-refractivity contribution is 6.09. The van der Waals surface area contributed by atoms with Crippen LogP contribution in [-0.2, 0) is 14.3 Å². The van der Waals surface area contributed by atoms with E-state index in [1.54, 1.807) is 11.0 Å². The second-order valence-electron chi connectivity index (χ2n) is 8.02. The molecule has 2 bridgehead atoms. The molecule has 5 heteroatoms. The first-order chi connectivity index (χ1) is 13.4. The lowest BCUT2D eigenvalue weighted by molar-refractivity contribution is -0.146. The van der Waals surface area contributed by atoms with E-state index in [2.05, 4.69) is 6.58 Å². The molecule has 0 aliphatic carbocycles. The second-order valence-corrected chi connectivity index (χ2v) is 8.02. The number of nitrogens with zero attached hydrogens (tertiary/aromatic N) is 1. The van der Waals surface area contributed by atoms with Gasteiger partial charge < -0.3 is 14.7 Å². The summed E-state index contributed by atoms with van der Waals surface area (Å²) in [6.07, 6.45) is 3.72. The molecule has 0 aromatic heterocycles. The van der Waals surface area contributed by atoms with Gasteiger partial charge in [0.25, 0.3) is 0 Å². The average Bonchev–Trinajstić information content (AvgIpc) is 3.30. The van der Waals surface area contributed by atoms with Crippen molar-refractivity contribution in [3.05, 3.63) is 66.8 Å². The number of aliphatic carboxylic acids is 1. The molecular formula is C23H21NO4. The van der Waals surface area contributed by atoms with E-state index in [4.69, 9.17) is 4.74 Å². The minimum atomic E-state index is -0.983. The van der Waals surface area contributed by atoms with E-state index < -0.39 is 29.5 Å². The van der Waals surface area contributed by atoms with Crippen molar-refractivity contribution >= 4 is 28.3 Å². The Labute approximate surface area is 162 Å². The van der Waals surface area contributed by atoms with E-state index in [1.165, 1.54) is 0 Å². The van der Waals surface area contributed by atoms with Gasteiger partial charge in [0.05, 0.1) is 23.8 Å². The Morgan fingerprint density at radius 2 is 2.00 bits per heavy atom. The number of carboxylic acid groups (broad SMARTS) is 1. The highest BCUT2D eigenvalue weighted by Crippen LogP contribution is 2.57. The van der Waals surface area contributed by atoms with Gasteiger partial charge in [-0.15, -0.1) is 6.58 Å². The molecule has 2 aromatic rings. The number of amides is 1. The van der Waals surface area contributed by atoms with Crippen LogP contribution in [0.25, 0.3) is 10.8 Å². The van der Waals surface area contributed by atoms with E-state index in [9.17, 15) is 14.7 Å². The summed E-state index contributed by atoms with van der Waals surface area (Å²) in [5.41, 5.74) is 0.806. The molecule has 1 amide bonds. The number of anilines is 1. The van der Waals surface area contributed by atoms with Gasteiger partial charge in [0.15, 0.2) is 0 Å². The summed E-state index contributed by atoms with van der Waals surface area (Å²) >= 11 is 0. The van der Waals surface area contributed by atoms with E-state index in [1.807, 2.05) is 55.5 Å². The van der Waals surface area contributed by atoms with Crippen LogP contribution in [0.4, 0.5) is 5.69 Å². The molecule has 2 saturated heterocycles. The molecule has 3 aliphatic rings. The fourth-order valence-corrected chi connectivity index (χ4v) is 5.22. The highest BCUT2D eigenvalue weighted by Gasteiger charge is 2.71. The minimum absolute atomic E-state index is 0.179. The van der Waals surface area contributed by atoms with Crippen LogP contribution in [0.3, 0.4) is 0 Å². The largest absolute Gasteiger partial charge is 0.481 e. The van der Waals surface area contributed by atoms with Crippen LogP contribution in [0.1, 0.15) is 13.3 Å². The molecule has 3 heterocycles. The van der Waals surface area contributed by atoms with Crippen LogP contribution in [-0.4, -0.2) is 34.7 Å². The number of ether oxygens (including phenoxy) is 1. The third-order valence-corrected chi connectivity index (χ3v) is 6.27. The molecule has 1 spiro atoms. The van der Waals surface area contributed by atoms with E-state index in [0.29, 0.717) is 6.42 Å². The number of hydrogen-bond donors (Lipinski definition) is 1. The number of hydrogen-bond acceptors (Lipinski definition) is 3. The van der Waals surface area contributed by atoms with Crippen molar-refractivity contribution in [1.29, 1.82) is 0 Å². The maximum atomic E-state index is 13.6. The first-order valence-corrected chi connectivity index (χ1v) is 9.49. The number of carboxylic acids is 1. The van der Waals surface area contributed by atoms with Gasteiger partial charge in [0.1, 0.15) is 11.5 Å². The van der Waals surface area contributed by atoms with Crippen molar-refractivity contribution in [3.8, 4) is 0 Å². The number of fused-ring (bicyclic) bond motifs is 2. The van der Waals surface area contributed by atoms with Gasteiger partial charge in [-0.3, -0.25) is 9.59 Å². The van der Waals surface area contributed by atoms with Crippen LogP contribution >= 0.6 is 0 Å². The predicted molar refractivity (Wildman–Crippen MR) is 106 cm³/mol. The van der Waals surface area contributed by atoms with Crippen molar-refractivity contribution < 1.29 is 19.4 Å². The first kappa shape index (κ1) is 17.2. The Balaban J connectivity index is 1.71. The van der Waals surface area contributed by atoms with Gasteiger partial charge >= 0.3 is 5.97 Å². The lowest BCUT2D eigenvalue weighted by atomic mass is 9.74. The SMILES string of the molecule is C=C(C)C[C@H]1N(c2cccc3ccccc23)C(=O)[C@H]2[C@H](C(=O)O)[C@H]3C=C[C@]21O3. The molecule has 3 aliphatic heterocycles. The van der Waals surface area contributed by atoms with Gasteiger partial charge in [-0.1, -0.05) is 54.1 Å². The van der Waals surface area contributed by atoms with E-state index in [0.717, 1.165) is 22.0 Å². The smallest absolute Gasteiger partial charge is 0.310 e. The average molecular weight is 375 g/mol. The van der Waals surface area contributed by atoms with E-state index in [-0.39, 0.29) is 11.9 Å². The van der Waals surface area contributed by atoms with Gasteiger partial charge in [-0.05, 0) is 24.8 Å². The molecule has 142 valence electrons. The molecular weight excluding hydrogens is 354 g/mol. The maximum absolute atomic E-state index is 13.6. The summed E-state index contributed by atoms with van der Waals surface area (Å²) < 4.78 is 6.21. The molecule has 0 saturated carbocycles. The van der Waals surface area contributed by atoms with Crippen LogP contribution in [0.5, 0.6) is 0 Å². The van der Waals surface area contributed by atoms with Crippen molar-refractivity contribution in [2.75, 3.05) is 4.90 Å². The summed E-state index contributed by atoms with van der Waals surface area (Å²) in [6, 6.07) is 13.4. The molecule has 2 fully saturated rings. The van der Waals surface area contributed by atoms with Crippen LogP contribution in [0, 0.1) is 11.8 Å². The summed E-state index contributed by atoms with van der Waals surface area (Å²) in [5.74, 6) is -2.74. The minimum Gasteiger partial charge on any atom is -0.481 e. The first-order valence-electron chi connectivity index (χ1n) is 9.49. The maximum Gasteiger partial charge on any atom is 0.310 e. The number of benzene rings is 2. The quantitative estimate of drug-likeness (QED) is 0.830. The fraction of sp³-hybridized carbons (Fsp3) is 0.304. The number of carbonyl (C=O) groups is 2. The van der Waals surface area contributed by atoms with Crippen LogP contribution in [0.2, 0.25) is 0 Å². The van der Waals surface area contributed by atoms with Crippen molar-refractivity contribution in [1.82, 2.24) is 0 Å². The zero-order chi connectivity index (χ0) is 19.6. The topological polar surface area (TPSA) is 66.8 Å². The summed E-state index contributed by atoms with van der Waals surface area (Å²) in [7, 11) is 0. The molecule has 2 aromatic carbocycles. The monoisotopic (exact) mass is 375 g/mol. The zero-order valence-corrected chi connectivity index (χ0v) is 15.5. The standard InChI is InChI=1S/C23H21NO4/c1-13(2)12-18-23-11-10-17(28-23)19(22(26)27)20(23)21(25)24(18)16-9-5-7-14-6-3-4-8-15(14)16/h3-11,17-20H,1,12H2,2H3,(H,26,27)/t17-,18-,19-,20-,23-/m1/s1. The molecule has 5 nitrogen and oxygen atoms in total. The predicted octanol–water partition coefficient (Wildman–Crippen LogP) is 3.55. The van der Waals surface area contributed by atoms with E-state index >= 15 is 0 Å². The molecule has 0 radical (unpaired) electrons. The fourth-order valence-electron chi connectivity index (χ4n) is 5.22. The molecule has 5 rings (SSSR count). The molecule has 1 N–H and O–H groups in total. The highest BCUT2D eigenvalue weighted by atomic mass is 16.5. The van der Waals surface area contributed by atoms with Gasteiger partial charge in [-0.25, -0.2) is 0 Å². The Morgan fingerprint density at radius 1 is 1.25 bits per heavy atom. The lowest BCUT2D eigenvalue weighted by Gasteiger charge is -2.34. The van der Waals surface area contributed by atoms with Crippen LogP contribution < -0.4 is 4.90 Å². The summed E-state index contributed by atoms with van der Waals surface area (Å²) in [6.45, 7) is 5.97. The van der Waals surface area contributed by atoms with Crippen molar-refractivity contribution in [2.45, 2.75) is 31.1 Å². The van der Waals surface area contributed by atoms with Crippen LogP contribution in [0.15, 0.2) is 66.8 Å². The van der Waals surface area contributed by atoms with Gasteiger partial charge in [0, 0.05) is 5.39 Å². The third-order valence-electron chi connectivity index (χ3n) is 6.27. The van der Waals surface area contributed by atoms with Crippen molar-refractivity contribution in [2.24, 2.45) is 11.8 Å². The van der Waals surface area contributed by atoms with Crippen molar-refractivity contribution in [3.63, 3.8) is 0 Å². The Kier molecular flexibility index (Phi) is 3.55. The Hall–Kier alpha value is -2.92. The van der Waals surface area contributed by atoms with Gasteiger partial charge in [0.2, 0.25) is 5.91 Å². The normalized spacial score (nSPS) is 32.9. The third kappa shape index (κ3) is 2.11. The number of carbonyl (C=O) groups excluding carboxylic acids is 1. The summed E-state index contributed by atoms with van der Waals surface area (Å²) in [4.78, 5) is 27.4. The number of rotatable bonds is 4. The molecule has 28 heavy (non-hydrogen) atoms. The lowest BCUT2D eigenvalue weighted by Crippen LogP contribution is -2.45. The Morgan fingerprint density at radius 3 is 2.75 bits per heavy atom. The second kappa shape index (κ2) is 5.79. The molecule has 0 unspecified atom stereocenters. The Bertz CT molecular complexity index is 1050. The summed E-state index contributed by atoms with van der Waals surface area (Å²) in [5, 5.41) is 11.8. The molecule has 5 atom stereocenters. The van der Waals surface area contributed by atoms with Gasteiger partial charge in [-0.2, -0.15) is 0 Å². The zero-order valence-electron chi connectivity index (χ0n) is 15.5.